The van der Waals surface area contributed by atoms with E-state index < -0.39 is 0 Å². The summed E-state index contributed by atoms with van der Waals surface area (Å²) in [6, 6.07) is 0. The molecule has 0 radical (unpaired) electrons. The van der Waals surface area contributed by atoms with E-state index in [4.69, 9.17) is 4.98 Å². The molecule has 1 aliphatic carbocycles. The van der Waals surface area contributed by atoms with Gasteiger partial charge in [-0.2, -0.15) is 9.61 Å². The number of nitrogens with zero attached hydrogens (tertiary/aromatic N) is 5. The summed E-state index contributed by atoms with van der Waals surface area (Å²) in [7, 11) is 0. The largest absolute Gasteiger partial charge is 0.354 e. The van der Waals surface area contributed by atoms with Gasteiger partial charge in [-0.25, -0.2) is 4.98 Å². The molecule has 3 fully saturated rings. The second-order valence-corrected chi connectivity index (χ2v) is 10.2. The molecule has 0 atom stereocenters. The van der Waals surface area contributed by atoms with Crippen molar-refractivity contribution in [3.8, 4) is 0 Å². The Bertz CT molecular complexity index is 977. The smallest absolute Gasteiger partial charge is 0.229 e. The molecule has 1 spiro atoms. The van der Waals surface area contributed by atoms with Crippen LogP contribution >= 0.6 is 15.9 Å². The summed E-state index contributed by atoms with van der Waals surface area (Å²) in [5.74, 6) is 1.62. The van der Waals surface area contributed by atoms with E-state index in [2.05, 4.69) is 36.1 Å². The summed E-state index contributed by atoms with van der Waals surface area (Å²) in [6.07, 6.45) is 8.90. The fourth-order valence-electron chi connectivity index (χ4n) is 5.64. The quantitative estimate of drug-likeness (QED) is 0.745. The third-order valence-corrected chi connectivity index (χ3v) is 8.10. The molecule has 8 heteroatoms. The fraction of sp³-hybridized carbons (Fsp3) is 0.667. The zero-order valence-corrected chi connectivity index (χ0v) is 18.2. The van der Waals surface area contributed by atoms with Crippen LogP contribution in [0.25, 0.3) is 5.65 Å². The van der Waals surface area contributed by atoms with Crippen LogP contribution in [0.4, 0.5) is 5.82 Å². The molecule has 0 bridgehead atoms. The second kappa shape index (κ2) is 6.67. The lowest BCUT2D eigenvalue weighted by molar-refractivity contribution is -0.136. The maximum atomic E-state index is 13.1. The Kier molecular flexibility index (Phi) is 4.17. The zero-order chi connectivity index (χ0) is 19.6. The minimum absolute atomic E-state index is 0.118. The minimum atomic E-state index is 0.118. The Morgan fingerprint density at radius 2 is 2.03 bits per heavy atom. The van der Waals surface area contributed by atoms with Crippen LogP contribution in [-0.4, -0.2) is 64.7 Å². The van der Waals surface area contributed by atoms with E-state index in [1.165, 1.54) is 36.9 Å². The van der Waals surface area contributed by atoms with Crippen LogP contribution < -0.4 is 10.2 Å². The number of aromatic nitrogens is 3. The van der Waals surface area contributed by atoms with Crippen LogP contribution in [-0.2, 0) is 17.6 Å². The zero-order valence-electron chi connectivity index (χ0n) is 16.7. The maximum Gasteiger partial charge on any atom is 0.229 e. The summed E-state index contributed by atoms with van der Waals surface area (Å²) in [5, 5.41) is 8.07. The number of fused-ring (bicyclic) bond motifs is 2. The van der Waals surface area contributed by atoms with Gasteiger partial charge < -0.3 is 15.1 Å². The molecule has 2 aromatic heterocycles. The lowest BCUT2D eigenvalue weighted by Crippen LogP contribution is -2.55. The van der Waals surface area contributed by atoms with Crippen LogP contribution in [0, 0.1) is 11.3 Å². The molecule has 154 valence electrons. The highest BCUT2D eigenvalue weighted by Crippen LogP contribution is 2.48. The fourth-order valence-corrected chi connectivity index (χ4v) is 5.99. The summed E-state index contributed by atoms with van der Waals surface area (Å²) in [5.41, 5.74) is 3.81. The van der Waals surface area contributed by atoms with E-state index in [0.717, 1.165) is 68.0 Å². The Morgan fingerprint density at radius 1 is 1.21 bits per heavy atom. The predicted molar refractivity (Wildman–Crippen MR) is 114 cm³/mol. The molecule has 1 saturated carbocycles. The molecule has 4 aliphatic rings. The summed E-state index contributed by atoms with van der Waals surface area (Å²) in [6.45, 7) is 5.45. The van der Waals surface area contributed by atoms with Gasteiger partial charge in [-0.3, -0.25) is 4.79 Å². The van der Waals surface area contributed by atoms with E-state index in [1.807, 2.05) is 10.7 Å². The second-order valence-electron chi connectivity index (χ2n) is 9.30. The highest BCUT2D eigenvalue weighted by atomic mass is 79.9. The van der Waals surface area contributed by atoms with Gasteiger partial charge in [-0.15, -0.1) is 0 Å². The van der Waals surface area contributed by atoms with Gasteiger partial charge in [0.15, 0.2) is 5.65 Å². The number of carbonyl (C=O) groups excluding carboxylic acids is 1. The minimum Gasteiger partial charge on any atom is -0.354 e. The lowest BCUT2D eigenvalue weighted by Gasteiger charge is -2.43. The molecule has 6 rings (SSSR count). The molecule has 0 aromatic carbocycles. The van der Waals surface area contributed by atoms with E-state index in [-0.39, 0.29) is 5.92 Å². The van der Waals surface area contributed by atoms with Gasteiger partial charge in [0, 0.05) is 44.7 Å². The molecule has 3 aliphatic heterocycles. The standard InChI is InChI=1S/C21H27BrN6O/c22-16-10-24-28-18(16)25-17-3-8-23-7-2-15(17)19(28)27-11-14(12-27)20(29)26-9-6-21(13-26)4-1-5-21/h10,14,23H,1-9,11-13H2. The van der Waals surface area contributed by atoms with Gasteiger partial charge in [-0.1, -0.05) is 6.42 Å². The topological polar surface area (TPSA) is 65.8 Å². The van der Waals surface area contributed by atoms with Crippen LogP contribution in [0.3, 0.4) is 0 Å². The van der Waals surface area contributed by atoms with E-state index in [0.29, 0.717) is 11.3 Å². The van der Waals surface area contributed by atoms with Gasteiger partial charge in [0.2, 0.25) is 5.91 Å². The number of nitrogens with one attached hydrogen (secondary N) is 1. The van der Waals surface area contributed by atoms with Gasteiger partial charge in [0.05, 0.1) is 22.3 Å². The Balaban J connectivity index is 1.25. The molecule has 2 saturated heterocycles. The lowest BCUT2D eigenvalue weighted by atomic mass is 9.68. The van der Waals surface area contributed by atoms with Crippen molar-refractivity contribution in [3.05, 3.63) is 21.9 Å². The average molecular weight is 459 g/mol. The number of anilines is 1. The first-order valence-corrected chi connectivity index (χ1v) is 11.7. The summed E-state index contributed by atoms with van der Waals surface area (Å²) in [4.78, 5) is 22.5. The first-order valence-electron chi connectivity index (χ1n) is 10.9. The molecule has 2 aromatic rings. The Morgan fingerprint density at radius 3 is 2.79 bits per heavy atom. The number of halogens is 1. The van der Waals surface area contributed by atoms with E-state index >= 15 is 0 Å². The van der Waals surface area contributed by atoms with Crippen LogP contribution in [0.2, 0.25) is 0 Å². The average Bonchev–Trinajstić information content (AvgIpc) is 3.18. The van der Waals surface area contributed by atoms with Crippen molar-refractivity contribution < 1.29 is 4.79 Å². The predicted octanol–water partition coefficient (Wildman–Crippen LogP) is 2.02. The highest BCUT2D eigenvalue weighted by Gasteiger charge is 2.47. The molecule has 5 heterocycles. The maximum absolute atomic E-state index is 13.1. The molecule has 0 unspecified atom stereocenters. The third-order valence-electron chi connectivity index (χ3n) is 7.55. The molecular formula is C21H27BrN6O. The first kappa shape index (κ1) is 18.1. The van der Waals surface area contributed by atoms with Crippen molar-refractivity contribution in [1.82, 2.24) is 24.8 Å². The van der Waals surface area contributed by atoms with Gasteiger partial charge in [-0.05, 0) is 53.6 Å². The van der Waals surface area contributed by atoms with Crippen molar-refractivity contribution in [3.63, 3.8) is 0 Å². The van der Waals surface area contributed by atoms with Crippen LogP contribution in [0.15, 0.2) is 10.7 Å². The SMILES string of the molecule is O=C(C1CN(c2c3c(nc4c(Br)cnn24)CCNCC3)C1)N1CCC2(CCC2)C1. The number of carbonyl (C=O) groups is 1. The number of likely N-dealkylation sites (tertiary alicyclic amines) is 1. The van der Waals surface area contributed by atoms with Crippen molar-refractivity contribution in [2.45, 2.75) is 38.5 Å². The van der Waals surface area contributed by atoms with Gasteiger partial charge >= 0.3 is 0 Å². The monoisotopic (exact) mass is 458 g/mol. The normalized spacial score (nSPS) is 23.8. The van der Waals surface area contributed by atoms with Crippen molar-refractivity contribution in [2.75, 3.05) is 44.2 Å². The Labute approximate surface area is 179 Å². The molecule has 1 amide bonds. The van der Waals surface area contributed by atoms with E-state index in [1.54, 1.807) is 0 Å². The Hall–Kier alpha value is -1.67. The first-order chi connectivity index (χ1) is 14.1. The van der Waals surface area contributed by atoms with Crippen LogP contribution in [0.1, 0.15) is 36.9 Å². The number of hydrogen-bond donors (Lipinski definition) is 1. The molecule has 29 heavy (non-hydrogen) atoms. The van der Waals surface area contributed by atoms with E-state index in [9.17, 15) is 4.79 Å². The number of hydrogen-bond acceptors (Lipinski definition) is 5. The molecular weight excluding hydrogens is 432 g/mol. The number of amides is 1. The van der Waals surface area contributed by atoms with Crippen molar-refractivity contribution in [1.29, 1.82) is 0 Å². The number of rotatable bonds is 2. The van der Waals surface area contributed by atoms with Crippen molar-refractivity contribution in [2.24, 2.45) is 11.3 Å². The summed E-state index contributed by atoms with van der Waals surface area (Å²) >= 11 is 3.60. The van der Waals surface area contributed by atoms with Crippen molar-refractivity contribution >= 4 is 33.3 Å². The van der Waals surface area contributed by atoms with Gasteiger partial charge in [0.25, 0.3) is 0 Å². The van der Waals surface area contributed by atoms with Crippen LogP contribution in [0.5, 0.6) is 0 Å². The third kappa shape index (κ3) is 2.82. The summed E-state index contributed by atoms with van der Waals surface area (Å²) < 4.78 is 2.89. The molecule has 1 N–H and O–H groups in total. The highest BCUT2D eigenvalue weighted by molar-refractivity contribution is 9.10. The molecule has 7 nitrogen and oxygen atoms in total. The van der Waals surface area contributed by atoms with Gasteiger partial charge in [0.1, 0.15) is 5.82 Å².